The molecular formula is C20H33N5O3. The van der Waals surface area contributed by atoms with Crippen LogP contribution in [0.1, 0.15) is 77.4 Å². The summed E-state index contributed by atoms with van der Waals surface area (Å²) >= 11 is 0. The minimum atomic E-state index is -0.544. The number of hydrogen-bond donors (Lipinski definition) is 2. The minimum Gasteiger partial charge on any atom is -0.343 e. The molecule has 0 unspecified atom stereocenters. The van der Waals surface area contributed by atoms with Gasteiger partial charge in [0.2, 0.25) is 17.7 Å². The fourth-order valence-electron chi connectivity index (χ4n) is 4.53. The van der Waals surface area contributed by atoms with Crippen molar-refractivity contribution >= 4 is 11.8 Å². The standard InChI is InChI=1S/C20H33N5O3/c1-14-12-25(13-15(2)21-14)18(27)9-8-17-22-19(24-28-17)20(23-16(3)26)10-6-4-5-7-11-20/h14-15,21H,4-13H2,1-3H3,(H,23,26)/t14-,15-/m0/s1. The predicted octanol–water partition coefficient (Wildman–Crippen LogP) is 1.90. The van der Waals surface area contributed by atoms with Gasteiger partial charge in [-0.1, -0.05) is 30.8 Å². The van der Waals surface area contributed by atoms with E-state index >= 15 is 0 Å². The Morgan fingerprint density at radius 3 is 2.43 bits per heavy atom. The third kappa shape index (κ3) is 5.10. The van der Waals surface area contributed by atoms with E-state index in [0.29, 0.717) is 36.6 Å². The maximum atomic E-state index is 12.6. The molecule has 2 amide bonds. The quantitative estimate of drug-likeness (QED) is 0.744. The number of piperazine rings is 1. The summed E-state index contributed by atoms with van der Waals surface area (Å²) in [5.74, 6) is 1.06. The van der Waals surface area contributed by atoms with Crippen LogP contribution in [0.2, 0.25) is 0 Å². The van der Waals surface area contributed by atoms with Gasteiger partial charge in [-0.2, -0.15) is 4.98 Å². The number of carbonyl (C=O) groups is 2. The summed E-state index contributed by atoms with van der Waals surface area (Å²) in [6.45, 7) is 7.17. The molecule has 8 nitrogen and oxygen atoms in total. The molecule has 2 aliphatic rings. The lowest BCUT2D eigenvalue weighted by Gasteiger charge is -2.36. The lowest BCUT2D eigenvalue weighted by molar-refractivity contribution is -0.133. The van der Waals surface area contributed by atoms with Gasteiger partial charge in [0.15, 0.2) is 5.82 Å². The summed E-state index contributed by atoms with van der Waals surface area (Å²) in [6, 6.07) is 0.603. The van der Waals surface area contributed by atoms with Crippen LogP contribution in [-0.4, -0.2) is 52.0 Å². The van der Waals surface area contributed by atoms with Crippen molar-refractivity contribution in [2.24, 2.45) is 0 Å². The molecule has 0 radical (unpaired) electrons. The van der Waals surface area contributed by atoms with Gasteiger partial charge in [0, 0.05) is 44.9 Å². The predicted molar refractivity (Wildman–Crippen MR) is 104 cm³/mol. The summed E-state index contributed by atoms with van der Waals surface area (Å²) < 4.78 is 5.45. The van der Waals surface area contributed by atoms with Gasteiger partial charge in [-0.25, -0.2) is 0 Å². The Morgan fingerprint density at radius 1 is 1.18 bits per heavy atom. The molecule has 3 rings (SSSR count). The molecule has 1 saturated carbocycles. The fourth-order valence-corrected chi connectivity index (χ4v) is 4.53. The lowest BCUT2D eigenvalue weighted by atomic mass is 9.89. The van der Waals surface area contributed by atoms with E-state index in [4.69, 9.17) is 4.52 Å². The second kappa shape index (κ2) is 9.03. The Hall–Kier alpha value is -1.96. The molecule has 1 aliphatic heterocycles. The van der Waals surface area contributed by atoms with Crippen molar-refractivity contribution in [3.8, 4) is 0 Å². The molecule has 1 aliphatic carbocycles. The SMILES string of the molecule is CC(=O)NC1(c2noc(CCC(=O)N3C[C@H](C)N[C@@H](C)C3)n2)CCCCCC1. The van der Waals surface area contributed by atoms with E-state index in [1.165, 1.54) is 6.92 Å². The van der Waals surface area contributed by atoms with E-state index in [1.807, 2.05) is 4.90 Å². The van der Waals surface area contributed by atoms with E-state index in [-0.39, 0.29) is 11.8 Å². The van der Waals surface area contributed by atoms with Crippen LogP contribution in [0.4, 0.5) is 0 Å². The number of nitrogens with one attached hydrogen (secondary N) is 2. The van der Waals surface area contributed by atoms with E-state index in [2.05, 4.69) is 34.6 Å². The molecule has 2 N–H and O–H groups in total. The van der Waals surface area contributed by atoms with Crippen LogP contribution in [0.15, 0.2) is 4.52 Å². The molecule has 1 saturated heterocycles. The van der Waals surface area contributed by atoms with Gasteiger partial charge in [-0.3, -0.25) is 9.59 Å². The Bertz CT molecular complexity index is 671. The van der Waals surface area contributed by atoms with E-state index in [9.17, 15) is 9.59 Å². The lowest BCUT2D eigenvalue weighted by Crippen LogP contribution is -2.55. The number of rotatable bonds is 5. The van der Waals surface area contributed by atoms with Gasteiger partial charge in [0.25, 0.3) is 0 Å². The summed E-state index contributed by atoms with van der Waals surface area (Å²) in [5.41, 5.74) is -0.544. The molecule has 0 aromatic carbocycles. The number of aromatic nitrogens is 2. The summed E-state index contributed by atoms with van der Waals surface area (Å²) in [6.07, 6.45) is 6.79. The first-order valence-corrected chi connectivity index (χ1v) is 10.5. The number of hydrogen-bond acceptors (Lipinski definition) is 6. The van der Waals surface area contributed by atoms with Gasteiger partial charge in [0.05, 0.1) is 0 Å². The Balaban J connectivity index is 1.63. The van der Waals surface area contributed by atoms with Crippen LogP contribution in [0.25, 0.3) is 0 Å². The van der Waals surface area contributed by atoms with Crippen LogP contribution in [0.5, 0.6) is 0 Å². The highest BCUT2D eigenvalue weighted by atomic mass is 16.5. The molecule has 1 aromatic rings. The van der Waals surface area contributed by atoms with Crippen LogP contribution < -0.4 is 10.6 Å². The maximum absolute atomic E-state index is 12.6. The van der Waals surface area contributed by atoms with Crippen LogP contribution in [-0.2, 0) is 21.5 Å². The Labute approximate surface area is 166 Å². The molecule has 156 valence electrons. The normalized spacial score (nSPS) is 25.2. The van der Waals surface area contributed by atoms with E-state index in [1.54, 1.807) is 0 Å². The fraction of sp³-hybridized carbons (Fsp3) is 0.800. The van der Waals surface area contributed by atoms with Crippen molar-refractivity contribution in [1.29, 1.82) is 0 Å². The number of nitrogens with zero attached hydrogens (tertiary/aromatic N) is 3. The second-order valence-electron chi connectivity index (χ2n) is 8.46. The molecule has 8 heteroatoms. The minimum absolute atomic E-state index is 0.0784. The van der Waals surface area contributed by atoms with Crippen LogP contribution in [0, 0.1) is 0 Å². The number of amides is 2. The molecule has 0 bridgehead atoms. The second-order valence-corrected chi connectivity index (χ2v) is 8.46. The third-order valence-electron chi connectivity index (χ3n) is 5.73. The average Bonchev–Trinajstić information content (AvgIpc) is 2.99. The van der Waals surface area contributed by atoms with Gasteiger partial charge >= 0.3 is 0 Å². The highest BCUT2D eigenvalue weighted by Gasteiger charge is 2.38. The smallest absolute Gasteiger partial charge is 0.227 e. The number of aryl methyl sites for hydroxylation is 1. The van der Waals surface area contributed by atoms with Gasteiger partial charge in [-0.05, 0) is 26.7 Å². The van der Waals surface area contributed by atoms with Crippen LogP contribution in [0.3, 0.4) is 0 Å². The highest BCUT2D eigenvalue weighted by Crippen LogP contribution is 2.34. The van der Waals surface area contributed by atoms with E-state index in [0.717, 1.165) is 51.6 Å². The van der Waals surface area contributed by atoms with Crippen molar-refractivity contribution in [1.82, 2.24) is 25.7 Å². The maximum Gasteiger partial charge on any atom is 0.227 e. The zero-order valence-electron chi connectivity index (χ0n) is 17.3. The number of carbonyl (C=O) groups excluding carboxylic acids is 2. The molecule has 2 heterocycles. The van der Waals surface area contributed by atoms with Crippen molar-refractivity contribution < 1.29 is 14.1 Å². The molecule has 2 atom stereocenters. The first kappa shape index (κ1) is 20.8. The molecular weight excluding hydrogens is 358 g/mol. The monoisotopic (exact) mass is 391 g/mol. The zero-order chi connectivity index (χ0) is 20.1. The summed E-state index contributed by atoms with van der Waals surface area (Å²) in [5, 5.41) is 10.7. The largest absolute Gasteiger partial charge is 0.343 e. The van der Waals surface area contributed by atoms with E-state index < -0.39 is 5.54 Å². The molecule has 28 heavy (non-hydrogen) atoms. The zero-order valence-corrected chi connectivity index (χ0v) is 17.3. The Morgan fingerprint density at radius 2 is 1.82 bits per heavy atom. The first-order chi connectivity index (χ1) is 13.4. The first-order valence-electron chi connectivity index (χ1n) is 10.5. The van der Waals surface area contributed by atoms with Crippen LogP contribution >= 0.6 is 0 Å². The highest BCUT2D eigenvalue weighted by molar-refractivity contribution is 5.76. The third-order valence-corrected chi connectivity index (χ3v) is 5.73. The van der Waals surface area contributed by atoms with Crippen molar-refractivity contribution in [2.45, 2.75) is 89.8 Å². The summed E-state index contributed by atoms with van der Waals surface area (Å²) in [4.78, 5) is 30.9. The molecule has 0 spiro atoms. The topological polar surface area (TPSA) is 100 Å². The molecule has 2 fully saturated rings. The van der Waals surface area contributed by atoms with Gasteiger partial charge in [0.1, 0.15) is 5.54 Å². The van der Waals surface area contributed by atoms with Crippen molar-refractivity contribution in [2.75, 3.05) is 13.1 Å². The van der Waals surface area contributed by atoms with Crippen molar-refractivity contribution in [3.05, 3.63) is 11.7 Å². The summed E-state index contributed by atoms with van der Waals surface area (Å²) in [7, 11) is 0. The Kier molecular flexibility index (Phi) is 6.69. The van der Waals surface area contributed by atoms with Crippen molar-refractivity contribution in [3.63, 3.8) is 0 Å². The van der Waals surface area contributed by atoms with Gasteiger partial charge < -0.3 is 20.1 Å². The molecule has 1 aromatic heterocycles. The van der Waals surface area contributed by atoms with Gasteiger partial charge in [-0.15, -0.1) is 0 Å². The average molecular weight is 392 g/mol.